The minimum Gasteiger partial charge on any atom is -0.506 e. The summed E-state index contributed by atoms with van der Waals surface area (Å²) in [6.45, 7) is 0. The molecule has 0 heterocycles. The fourth-order valence-electron chi connectivity index (χ4n) is 1.79. The molecule has 1 aromatic carbocycles. The SMILES string of the molecule is NC1=C(c2ccccc2)C(O)(O)CC=C1O. The molecule has 1 aromatic rings. The molecule has 0 amide bonds. The normalized spacial score (nSPS) is 19.5. The Morgan fingerprint density at radius 2 is 1.75 bits per heavy atom. The second-order valence-electron chi connectivity index (χ2n) is 3.76. The predicted molar refractivity (Wildman–Crippen MR) is 60.0 cm³/mol. The van der Waals surface area contributed by atoms with Gasteiger partial charge in [0.05, 0.1) is 5.70 Å². The number of hydrogen-bond acceptors (Lipinski definition) is 4. The Hall–Kier alpha value is -1.78. The van der Waals surface area contributed by atoms with E-state index in [-0.39, 0.29) is 23.5 Å². The first-order valence-electron chi connectivity index (χ1n) is 4.92. The van der Waals surface area contributed by atoms with Gasteiger partial charge in [-0.25, -0.2) is 0 Å². The summed E-state index contributed by atoms with van der Waals surface area (Å²) in [5, 5.41) is 29.2. The number of aliphatic hydroxyl groups excluding tert-OH is 1. The minimum absolute atomic E-state index is 0.00227. The third-order valence-electron chi connectivity index (χ3n) is 2.59. The van der Waals surface area contributed by atoms with Crippen molar-refractivity contribution in [1.82, 2.24) is 0 Å². The van der Waals surface area contributed by atoms with E-state index >= 15 is 0 Å². The Kier molecular flexibility index (Phi) is 2.46. The Balaban J connectivity index is 2.59. The van der Waals surface area contributed by atoms with Crippen LogP contribution in [0.15, 0.2) is 47.9 Å². The molecule has 0 unspecified atom stereocenters. The van der Waals surface area contributed by atoms with Crippen LogP contribution < -0.4 is 5.73 Å². The van der Waals surface area contributed by atoms with Gasteiger partial charge in [-0.3, -0.25) is 0 Å². The average Bonchev–Trinajstić information content (AvgIpc) is 2.26. The van der Waals surface area contributed by atoms with Gasteiger partial charge in [0.1, 0.15) is 5.76 Å². The Morgan fingerprint density at radius 3 is 2.38 bits per heavy atom. The highest BCUT2D eigenvalue weighted by Gasteiger charge is 2.35. The second-order valence-corrected chi connectivity index (χ2v) is 3.76. The largest absolute Gasteiger partial charge is 0.506 e. The van der Waals surface area contributed by atoms with Crippen LogP contribution in [0.2, 0.25) is 0 Å². The monoisotopic (exact) mass is 219 g/mol. The lowest BCUT2D eigenvalue weighted by Gasteiger charge is -2.29. The first-order valence-corrected chi connectivity index (χ1v) is 4.92. The van der Waals surface area contributed by atoms with Crippen LogP contribution in [0.5, 0.6) is 0 Å². The average molecular weight is 219 g/mol. The zero-order valence-corrected chi connectivity index (χ0v) is 8.59. The maximum Gasteiger partial charge on any atom is 0.196 e. The first-order chi connectivity index (χ1) is 7.52. The molecule has 0 atom stereocenters. The third-order valence-corrected chi connectivity index (χ3v) is 2.59. The number of hydrogen-bond donors (Lipinski definition) is 4. The molecule has 5 N–H and O–H groups in total. The van der Waals surface area contributed by atoms with Gasteiger partial charge in [0.25, 0.3) is 0 Å². The van der Waals surface area contributed by atoms with Crippen LogP contribution in [-0.2, 0) is 0 Å². The Labute approximate surface area is 93.0 Å². The Morgan fingerprint density at radius 1 is 1.12 bits per heavy atom. The van der Waals surface area contributed by atoms with Crippen LogP contribution in [-0.4, -0.2) is 21.1 Å². The highest BCUT2D eigenvalue weighted by atomic mass is 16.5. The van der Waals surface area contributed by atoms with E-state index in [0.29, 0.717) is 5.56 Å². The maximum absolute atomic E-state index is 9.84. The van der Waals surface area contributed by atoms with Crippen molar-refractivity contribution in [3.05, 3.63) is 53.4 Å². The quantitative estimate of drug-likeness (QED) is 0.528. The van der Waals surface area contributed by atoms with E-state index < -0.39 is 5.79 Å². The molecule has 4 heteroatoms. The van der Waals surface area contributed by atoms with Crippen LogP contribution in [0.4, 0.5) is 0 Å². The highest BCUT2D eigenvalue weighted by Crippen LogP contribution is 2.35. The lowest BCUT2D eigenvalue weighted by molar-refractivity contribution is -0.106. The van der Waals surface area contributed by atoms with E-state index in [9.17, 15) is 15.3 Å². The van der Waals surface area contributed by atoms with Crippen molar-refractivity contribution in [2.45, 2.75) is 12.2 Å². The third kappa shape index (κ3) is 1.68. The zero-order valence-electron chi connectivity index (χ0n) is 8.59. The summed E-state index contributed by atoms with van der Waals surface area (Å²) in [5.41, 5.74) is 6.41. The van der Waals surface area contributed by atoms with Crippen molar-refractivity contribution >= 4 is 5.57 Å². The van der Waals surface area contributed by atoms with Crippen molar-refractivity contribution in [1.29, 1.82) is 0 Å². The number of rotatable bonds is 1. The molecular formula is C12H13NO3. The van der Waals surface area contributed by atoms with Crippen molar-refractivity contribution in [2.75, 3.05) is 0 Å². The minimum atomic E-state index is -2.03. The Bertz CT molecular complexity index is 460. The van der Waals surface area contributed by atoms with E-state index in [2.05, 4.69) is 0 Å². The molecule has 16 heavy (non-hydrogen) atoms. The molecule has 0 bridgehead atoms. The van der Waals surface area contributed by atoms with Crippen LogP contribution in [0.25, 0.3) is 5.57 Å². The molecule has 0 spiro atoms. The lowest BCUT2D eigenvalue weighted by Crippen LogP contribution is -2.34. The molecule has 0 saturated carbocycles. The summed E-state index contributed by atoms with van der Waals surface area (Å²) in [4.78, 5) is 0. The molecular weight excluding hydrogens is 206 g/mol. The van der Waals surface area contributed by atoms with E-state index in [1.807, 2.05) is 6.07 Å². The molecule has 1 aliphatic rings. The standard InChI is InChI=1S/C12H13NO3/c13-11-9(14)6-7-12(15,16)10(11)8-4-2-1-3-5-8/h1-6,14-16H,7,13H2. The van der Waals surface area contributed by atoms with Crippen LogP contribution >= 0.6 is 0 Å². The number of benzene rings is 1. The van der Waals surface area contributed by atoms with Gasteiger partial charge in [0, 0.05) is 12.0 Å². The predicted octanol–water partition coefficient (Wildman–Crippen LogP) is 0.883. The molecule has 0 saturated heterocycles. The van der Waals surface area contributed by atoms with Gasteiger partial charge < -0.3 is 21.1 Å². The van der Waals surface area contributed by atoms with Gasteiger partial charge in [0.2, 0.25) is 0 Å². The van der Waals surface area contributed by atoms with Crippen LogP contribution in [0.3, 0.4) is 0 Å². The van der Waals surface area contributed by atoms with Gasteiger partial charge in [0.15, 0.2) is 5.79 Å². The fourth-order valence-corrected chi connectivity index (χ4v) is 1.79. The molecule has 1 aliphatic carbocycles. The van der Waals surface area contributed by atoms with Crippen molar-refractivity contribution in [3.8, 4) is 0 Å². The summed E-state index contributed by atoms with van der Waals surface area (Å²) in [6, 6.07) is 8.77. The molecule has 0 aliphatic heterocycles. The zero-order chi connectivity index (χ0) is 11.8. The van der Waals surface area contributed by atoms with E-state index in [0.717, 1.165) is 0 Å². The smallest absolute Gasteiger partial charge is 0.196 e. The first kappa shape index (κ1) is 10.7. The van der Waals surface area contributed by atoms with Crippen LogP contribution in [0.1, 0.15) is 12.0 Å². The summed E-state index contributed by atoms with van der Waals surface area (Å²) in [7, 11) is 0. The molecule has 0 aromatic heterocycles. The van der Waals surface area contributed by atoms with Crippen LogP contribution in [0, 0.1) is 0 Å². The number of nitrogens with two attached hydrogens (primary N) is 1. The van der Waals surface area contributed by atoms with Gasteiger partial charge in [-0.05, 0) is 11.6 Å². The summed E-state index contributed by atoms with van der Waals surface area (Å²) >= 11 is 0. The number of aliphatic hydroxyl groups is 3. The van der Waals surface area contributed by atoms with Crippen molar-refractivity contribution in [2.24, 2.45) is 5.73 Å². The highest BCUT2D eigenvalue weighted by molar-refractivity contribution is 5.76. The summed E-state index contributed by atoms with van der Waals surface area (Å²) in [6.07, 6.45) is 1.21. The molecule has 84 valence electrons. The fraction of sp³-hybridized carbons (Fsp3) is 0.167. The molecule has 4 nitrogen and oxygen atoms in total. The second kappa shape index (κ2) is 3.66. The van der Waals surface area contributed by atoms with Gasteiger partial charge in [-0.2, -0.15) is 0 Å². The summed E-state index contributed by atoms with van der Waals surface area (Å²) < 4.78 is 0. The van der Waals surface area contributed by atoms with Gasteiger partial charge in [-0.1, -0.05) is 30.3 Å². The van der Waals surface area contributed by atoms with Gasteiger partial charge >= 0.3 is 0 Å². The maximum atomic E-state index is 9.84. The van der Waals surface area contributed by atoms with Crippen molar-refractivity contribution in [3.63, 3.8) is 0 Å². The topological polar surface area (TPSA) is 86.7 Å². The molecule has 0 radical (unpaired) electrons. The van der Waals surface area contributed by atoms with E-state index in [1.165, 1.54) is 6.08 Å². The van der Waals surface area contributed by atoms with E-state index in [4.69, 9.17) is 5.73 Å². The summed E-state index contributed by atoms with van der Waals surface area (Å²) in [5.74, 6) is -2.14. The molecule has 2 rings (SSSR count). The lowest BCUT2D eigenvalue weighted by atomic mass is 9.89. The molecule has 0 fully saturated rings. The van der Waals surface area contributed by atoms with E-state index in [1.54, 1.807) is 24.3 Å². The van der Waals surface area contributed by atoms with Crippen molar-refractivity contribution < 1.29 is 15.3 Å². The van der Waals surface area contributed by atoms with Gasteiger partial charge in [-0.15, -0.1) is 0 Å².